The zero-order chi connectivity index (χ0) is 12.1. The number of hydrogen-bond acceptors (Lipinski definition) is 2. The average Bonchev–Trinajstić information content (AvgIpc) is 2.28. The van der Waals surface area contributed by atoms with Gasteiger partial charge in [-0.15, -0.1) is 11.6 Å². The van der Waals surface area contributed by atoms with E-state index in [4.69, 9.17) is 16.9 Å². The van der Waals surface area contributed by atoms with Crippen LogP contribution >= 0.6 is 11.6 Å². The average molecular weight is 236 g/mol. The fourth-order valence-corrected chi connectivity index (χ4v) is 1.80. The molecule has 1 aromatic carbocycles. The third-order valence-corrected chi connectivity index (χ3v) is 3.06. The van der Waals surface area contributed by atoms with Crippen molar-refractivity contribution in [1.82, 2.24) is 0 Å². The summed E-state index contributed by atoms with van der Waals surface area (Å²) in [6.07, 6.45) is 1.20. The third-order valence-electron chi connectivity index (χ3n) is 2.52. The standard InChI is InChI=1S/C13H14ClNO/c1-3-10-4-5-12(13(14)9(2)16)11(8-10)6-7-15/h4-5,8,13H,3,6H2,1-2H3. The minimum Gasteiger partial charge on any atom is -0.298 e. The molecule has 0 aromatic heterocycles. The second-order valence-corrected chi connectivity index (χ2v) is 4.13. The van der Waals surface area contributed by atoms with E-state index in [2.05, 4.69) is 6.07 Å². The number of nitrogens with zero attached hydrogens (tertiary/aromatic N) is 1. The van der Waals surface area contributed by atoms with Crippen molar-refractivity contribution in [2.75, 3.05) is 0 Å². The molecule has 0 saturated carbocycles. The number of nitriles is 1. The molecule has 0 bridgehead atoms. The summed E-state index contributed by atoms with van der Waals surface area (Å²) in [7, 11) is 0. The van der Waals surface area contributed by atoms with Crippen molar-refractivity contribution in [1.29, 1.82) is 5.26 Å². The summed E-state index contributed by atoms with van der Waals surface area (Å²) in [6, 6.07) is 7.86. The van der Waals surface area contributed by atoms with Crippen LogP contribution in [0, 0.1) is 11.3 Å². The van der Waals surface area contributed by atoms with E-state index in [1.807, 2.05) is 25.1 Å². The molecule has 1 aromatic rings. The Labute approximate surface area is 101 Å². The molecule has 1 unspecified atom stereocenters. The van der Waals surface area contributed by atoms with Crippen LogP contribution in [0.3, 0.4) is 0 Å². The number of Topliss-reactive ketones (excluding diaryl/α,β-unsaturated/α-hetero) is 1. The van der Waals surface area contributed by atoms with Gasteiger partial charge in [0.05, 0.1) is 12.5 Å². The van der Waals surface area contributed by atoms with Gasteiger partial charge in [-0.05, 0) is 30.0 Å². The molecule has 0 heterocycles. The molecule has 0 fully saturated rings. The van der Waals surface area contributed by atoms with Gasteiger partial charge < -0.3 is 0 Å². The topological polar surface area (TPSA) is 40.9 Å². The van der Waals surface area contributed by atoms with Crippen LogP contribution in [0.2, 0.25) is 0 Å². The maximum Gasteiger partial charge on any atom is 0.152 e. The lowest BCUT2D eigenvalue weighted by molar-refractivity contribution is -0.116. The first-order valence-corrected chi connectivity index (χ1v) is 5.67. The third kappa shape index (κ3) is 2.84. The molecule has 0 aliphatic heterocycles. The second kappa shape index (κ2) is 5.67. The Morgan fingerprint density at radius 3 is 2.75 bits per heavy atom. The zero-order valence-corrected chi connectivity index (χ0v) is 10.2. The monoisotopic (exact) mass is 235 g/mol. The first kappa shape index (κ1) is 12.7. The molecule has 0 radical (unpaired) electrons. The van der Waals surface area contributed by atoms with Crippen LogP contribution < -0.4 is 0 Å². The van der Waals surface area contributed by atoms with Gasteiger partial charge in [0.2, 0.25) is 0 Å². The molecule has 84 valence electrons. The lowest BCUT2D eigenvalue weighted by Crippen LogP contribution is -2.05. The molecule has 0 aliphatic carbocycles. The molecule has 0 aliphatic rings. The summed E-state index contributed by atoms with van der Waals surface area (Å²) in [5.74, 6) is -0.0925. The van der Waals surface area contributed by atoms with Crippen LogP contribution in [0.1, 0.15) is 35.9 Å². The van der Waals surface area contributed by atoms with Crippen molar-refractivity contribution >= 4 is 17.4 Å². The van der Waals surface area contributed by atoms with Crippen molar-refractivity contribution in [3.05, 3.63) is 34.9 Å². The van der Waals surface area contributed by atoms with E-state index in [1.54, 1.807) is 0 Å². The van der Waals surface area contributed by atoms with Crippen LogP contribution in [-0.4, -0.2) is 5.78 Å². The first-order valence-electron chi connectivity index (χ1n) is 5.23. The first-order chi connectivity index (χ1) is 7.60. The molecule has 16 heavy (non-hydrogen) atoms. The Kier molecular flexibility index (Phi) is 4.52. The Hall–Kier alpha value is -1.33. The largest absolute Gasteiger partial charge is 0.298 e. The summed E-state index contributed by atoms with van der Waals surface area (Å²) in [6.45, 7) is 3.51. The molecular weight excluding hydrogens is 222 g/mol. The number of benzene rings is 1. The van der Waals surface area contributed by atoms with Gasteiger partial charge in [0.25, 0.3) is 0 Å². The lowest BCUT2D eigenvalue weighted by atomic mass is 9.97. The van der Waals surface area contributed by atoms with Gasteiger partial charge in [-0.3, -0.25) is 4.79 Å². The highest BCUT2D eigenvalue weighted by molar-refractivity contribution is 6.30. The summed E-state index contributed by atoms with van der Waals surface area (Å²) < 4.78 is 0. The molecule has 2 nitrogen and oxygen atoms in total. The van der Waals surface area contributed by atoms with E-state index in [9.17, 15) is 4.79 Å². The van der Waals surface area contributed by atoms with Crippen molar-refractivity contribution < 1.29 is 4.79 Å². The lowest BCUT2D eigenvalue weighted by Gasteiger charge is -2.12. The van der Waals surface area contributed by atoms with Crippen LogP contribution in [0.4, 0.5) is 0 Å². The van der Waals surface area contributed by atoms with Gasteiger partial charge in [0.1, 0.15) is 5.38 Å². The molecule has 3 heteroatoms. The van der Waals surface area contributed by atoms with Crippen molar-refractivity contribution in [2.24, 2.45) is 0 Å². The Balaban J connectivity index is 3.18. The minimum absolute atomic E-state index is 0.0925. The van der Waals surface area contributed by atoms with Gasteiger partial charge in [0, 0.05) is 0 Å². The molecule has 0 spiro atoms. The summed E-state index contributed by atoms with van der Waals surface area (Å²) in [5, 5.41) is 8.11. The highest BCUT2D eigenvalue weighted by Crippen LogP contribution is 2.26. The number of carbonyl (C=O) groups excluding carboxylic acids is 1. The molecule has 0 N–H and O–H groups in total. The van der Waals surface area contributed by atoms with E-state index < -0.39 is 5.38 Å². The van der Waals surface area contributed by atoms with E-state index in [0.29, 0.717) is 6.42 Å². The van der Waals surface area contributed by atoms with Crippen molar-refractivity contribution in [2.45, 2.75) is 32.1 Å². The normalized spacial score (nSPS) is 11.9. The predicted molar refractivity (Wildman–Crippen MR) is 64.4 cm³/mol. The smallest absolute Gasteiger partial charge is 0.152 e. The van der Waals surface area contributed by atoms with E-state index in [0.717, 1.165) is 23.1 Å². The van der Waals surface area contributed by atoms with E-state index in [1.165, 1.54) is 6.92 Å². The zero-order valence-electron chi connectivity index (χ0n) is 9.46. The number of ketones is 1. The fourth-order valence-electron chi connectivity index (χ4n) is 1.58. The molecule has 1 atom stereocenters. The van der Waals surface area contributed by atoms with Crippen LogP contribution in [0.5, 0.6) is 0 Å². The fraction of sp³-hybridized carbons (Fsp3) is 0.385. The van der Waals surface area contributed by atoms with Crippen LogP contribution in [0.15, 0.2) is 18.2 Å². The van der Waals surface area contributed by atoms with E-state index in [-0.39, 0.29) is 5.78 Å². The molecule has 0 amide bonds. The Morgan fingerprint density at radius 2 is 2.25 bits per heavy atom. The number of hydrogen-bond donors (Lipinski definition) is 0. The molecule has 1 rings (SSSR count). The number of carbonyl (C=O) groups is 1. The number of alkyl halides is 1. The maximum atomic E-state index is 11.2. The minimum atomic E-state index is -0.644. The quantitative estimate of drug-likeness (QED) is 0.752. The Morgan fingerprint density at radius 1 is 1.56 bits per heavy atom. The highest BCUT2D eigenvalue weighted by Gasteiger charge is 2.16. The Bertz CT molecular complexity index is 434. The van der Waals surface area contributed by atoms with Gasteiger partial charge in [-0.25, -0.2) is 0 Å². The predicted octanol–water partition coefficient (Wildman–Crippen LogP) is 3.18. The van der Waals surface area contributed by atoms with Crippen molar-refractivity contribution in [3.8, 4) is 6.07 Å². The van der Waals surface area contributed by atoms with Crippen LogP contribution in [-0.2, 0) is 17.6 Å². The second-order valence-electron chi connectivity index (χ2n) is 3.69. The van der Waals surface area contributed by atoms with Crippen LogP contribution in [0.25, 0.3) is 0 Å². The summed E-state index contributed by atoms with van der Waals surface area (Å²) in [5.41, 5.74) is 2.77. The van der Waals surface area contributed by atoms with Gasteiger partial charge in [-0.2, -0.15) is 5.26 Å². The SMILES string of the molecule is CCc1ccc(C(Cl)C(C)=O)c(CC#N)c1. The van der Waals surface area contributed by atoms with Gasteiger partial charge in [-0.1, -0.05) is 25.1 Å². The summed E-state index contributed by atoms with van der Waals surface area (Å²) in [4.78, 5) is 11.2. The van der Waals surface area contributed by atoms with Crippen molar-refractivity contribution in [3.63, 3.8) is 0 Å². The summed E-state index contributed by atoms with van der Waals surface area (Å²) >= 11 is 6.02. The number of halogens is 1. The van der Waals surface area contributed by atoms with Gasteiger partial charge >= 0.3 is 0 Å². The molecule has 0 saturated heterocycles. The van der Waals surface area contributed by atoms with Gasteiger partial charge in [0.15, 0.2) is 5.78 Å². The maximum absolute atomic E-state index is 11.2. The highest BCUT2D eigenvalue weighted by atomic mass is 35.5. The molecular formula is C13H14ClNO. The van der Waals surface area contributed by atoms with E-state index >= 15 is 0 Å². The number of aryl methyl sites for hydroxylation is 1. The number of rotatable bonds is 4.